The molecule has 0 bridgehead atoms. The first-order valence-electron chi connectivity index (χ1n) is 6.11. The Hall–Kier alpha value is -2.14. The monoisotopic (exact) mass is 259 g/mol. The van der Waals surface area contributed by atoms with Crippen molar-refractivity contribution in [3.05, 3.63) is 53.7 Å². The van der Waals surface area contributed by atoms with E-state index >= 15 is 0 Å². The van der Waals surface area contributed by atoms with E-state index in [1.165, 1.54) is 0 Å². The molecule has 0 aliphatic rings. The molecular weight excluding hydrogens is 242 g/mol. The fourth-order valence-corrected chi connectivity index (χ4v) is 1.77. The van der Waals surface area contributed by atoms with Crippen LogP contribution >= 0.6 is 0 Å². The second-order valence-electron chi connectivity index (χ2n) is 4.41. The van der Waals surface area contributed by atoms with E-state index in [0.717, 1.165) is 16.8 Å². The fourth-order valence-electron chi connectivity index (χ4n) is 1.77. The van der Waals surface area contributed by atoms with Gasteiger partial charge in [-0.1, -0.05) is 6.07 Å². The summed E-state index contributed by atoms with van der Waals surface area (Å²) in [6.45, 7) is 2.35. The van der Waals surface area contributed by atoms with Gasteiger partial charge >= 0.3 is 0 Å². The van der Waals surface area contributed by atoms with Crippen LogP contribution in [0, 0.1) is 6.92 Å². The number of hydrogen-bond donors (Lipinski definition) is 2. The highest BCUT2D eigenvalue weighted by atomic mass is 16.3. The summed E-state index contributed by atoms with van der Waals surface area (Å²) in [6, 6.07) is 5.01. The topological polar surface area (TPSA) is 81.2 Å². The van der Waals surface area contributed by atoms with E-state index in [9.17, 15) is 4.79 Å². The number of nitrogens with one attached hydrogen (secondary N) is 1. The van der Waals surface area contributed by atoms with Crippen molar-refractivity contribution < 1.29 is 9.21 Å². The van der Waals surface area contributed by atoms with E-state index in [-0.39, 0.29) is 5.91 Å². The van der Waals surface area contributed by atoms with Crippen LogP contribution in [0.4, 0.5) is 0 Å². The molecule has 0 aliphatic heterocycles. The third-order valence-corrected chi connectivity index (χ3v) is 2.94. The molecule has 2 aromatic heterocycles. The Morgan fingerprint density at radius 2 is 2.37 bits per heavy atom. The molecule has 0 aromatic carbocycles. The van der Waals surface area contributed by atoms with Gasteiger partial charge in [-0.3, -0.25) is 9.78 Å². The van der Waals surface area contributed by atoms with E-state index < -0.39 is 6.04 Å². The van der Waals surface area contributed by atoms with Gasteiger partial charge in [0.15, 0.2) is 0 Å². The number of nitrogens with zero attached hydrogens (tertiary/aromatic N) is 1. The van der Waals surface area contributed by atoms with Crippen molar-refractivity contribution in [2.75, 3.05) is 0 Å². The molecule has 0 spiro atoms. The first-order valence-corrected chi connectivity index (χ1v) is 6.11. The second kappa shape index (κ2) is 6.15. The second-order valence-corrected chi connectivity index (χ2v) is 4.41. The summed E-state index contributed by atoms with van der Waals surface area (Å²) < 4.78 is 4.94. The molecule has 100 valence electrons. The Bertz CT molecular complexity index is 537. The molecule has 0 saturated heterocycles. The number of aryl methyl sites for hydroxylation is 1. The van der Waals surface area contributed by atoms with Gasteiger partial charge in [-0.15, -0.1) is 0 Å². The van der Waals surface area contributed by atoms with E-state index in [0.29, 0.717) is 13.0 Å². The third-order valence-electron chi connectivity index (χ3n) is 2.94. The minimum Gasteiger partial charge on any atom is -0.472 e. The van der Waals surface area contributed by atoms with Crippen LogP contribution in [0.1, 0.15) is 16.8 Å². The number of carbonyl (C=O) groups is 1. The maximum absolute atomic E-state index is 11.9. The molecular formula is C14H17N3O2. The van der Waals surface area contributed by atoms with Gasteiger partial charge in [-0.2, -0.15) is 0 Å². The zero-order chi connectivity index (χ0) is 13.7. The number of furan rings is 1. The number of amides is 1. The lowest BCUT2D eigenvalue weighted by atomic mass is 10.1. The largest absolute Gasteiger partial charge is 0.472 e. The first kappa shape index (κ1) is 13.3. The van der Waals surface area contributed by atoms with Crippen molar-refractivity contribution >= 4 is 5.91 Å². The fraction of sp³-hybridized carbons (Fsp3) is 0.286. The maximum atomic E-state index is 11.9. The summed E-state index contributed by atoms with van der Waals surface area (Å²) in [4.78, 5) is 16.0. The molecule has 2 heterocycles. The molecule has 0 aliphatic carbocycles. The van der Waals surface area contributed by atoms with E-state index in [4.69, 9.17) is 10.2 Å². The highest BCUT2D eigenvalue weighted by Gasteiger charge is 2.14. The highest BCUT2D eigenvalue weighted by molar-refractivity contribution is 5.81. The van der Waals surface area contributed by atoms with Crippen LogP contribution in [0.5, 0.6) is 0 Å². The van der Waals surface area contributed by atoms with Gasteiger partial charge in [0.25, 0.3) is 0 Å². The molecule has 0 radical (unpaired) electrons. The van der Waals surface area contributed by atoms with Gasteiger partial charge in [0.1, 0.15) is 0 Å². The average Bonchev–Trinajstić information content (AvgIpc) is 2.90. The minimum absolute atomic E-state index is 0.176. The number of nitrogens with two attached hydrogens (primary N) is 1. The summed E-state index contributed by atoms with van der Waals surface area (Å²) in [6.07, 6.45) is 5.36. The van der Waals surface area contributed by atoms with E-state index in [1.807, 2.05) is 19.1 Å². The van der Waals surface area contributed by atoms with Gasteiger partial charge in [-0.05, 0) is 36.6 Å². The van der Waals surface area contributed by atoms with Gasteiger partial charge in [0.05, 0.1) is 18.6 Å². The van der Waals surface area contributed by atoms with Crippen LogP contribution in [0.25, 0.3) is 0 Å². The third kappa shape index (κ3) is 3.66. The number of hydrogen-bond acceptors (Lipinski definition) is 4. The van der Waals surface area contributed by atoms with Crippen LogP contribution in [0.15, 0.2) is 41.3 Å². The van der Waals surface area contributed by atoms with Crippen LogP contribution in [0.3, 0.4) is 0 Å². The molecule has 2 aromatic rings. The predicted molar refractivity (Wildman–Crippen MR) is 71.2 cm³/mol. The molecule has 1 unspecified atom stereocenters. The van der Waals surface area contributed by atoms with Gasteiger partial charge < -0.3 is 15.5 Å². The van der Waals surface area contributed by atoms with Crippen LogP contribution in [-0.4, -0.2) is 16.9 Å². The van der Waals surface area contributed by atoms with Crippen LogP contribution in [-0.2, 0) is 17.8 Å². The molecule has 3 N–H and O–H groups in total. The van der Waals surface area contributed by atoms with Crippen LogP contribution < -0.4 is 11.1 Å². The number of aromatic nitrogens is 1. The van der Waals surface area contributed by atoms with Crippen molar-refractivity contribution in [2.24, 2.45) is 5.73 Å². The summed E-state index contributed by atoms with van der Waals surface area (Å²) in [5, 5.41) is 2.82. The van der Waals surface area contributed by atoms with E-state index in [2.05, 4.69) is 10.3 Å². The normalized spacial score (nSPS) is 12.1. The standard InChI is InChI=1S/C14H17N3O2/c1-10-12(3-2-5-16-10)8-17-14(18)13(15)7-11-4-6-19-9-11/h2-6,9,13H,7-8,15H2,1H3,(H,17,18). The number of carbonyl (C=O) groups excluding carboxylic acids is 1. The zero-order valence-corrected chi connectivity index (χ0v) is 10.8. The molecule has 1 atom stereocenters. The summed E-state index contributed by atoms with van der Waals surface area (Å²) in [5.74, 6) is -0.176. The smallest absolute Gasteiger partial charge is 0.237 e. The van der Waals surface area contributed by atoms with Gasteiger partial charge in [0, 0.05) is 18.4 Å². The first-order chi connectivity index (χ1) is 9.16. The number of pyridine rings is 1. The predicted octanol–water partition coefficient (Wildman–Crippen LogP) is 1.17. The minimum atomic E-state index is -0.574. The highest BCUT2D eigenvalue weighted by Crippen LogP contribution is 2.05. The van der Waals surface area contributed by atoms with Crippen molar-refractivity contribution in [3.63, 3.8) is 0 Å². The molecule has 1 amide bonds. The Balaban J connectivity index is 1.86. The van der Waals surface area contributed by atoms with Crippen molar-refractivity contribution in [1.82, 2.24) is 10.3 Å². The van der Waals surface area contributed by atoms with Gasteiger partial charge in [0.2, 0.25) is 5.91 Å². The summed E-state index contributed by atoms with van der Waals surface area (Å²) in [7, 11) is 0. The molecule has 5 nitrogen and oxygen atoms in total. The molecule has 0 fully saturated rings. The summed E-state index contributed by atoms with van der Waals surface area (Å²) in [5.41, 5.74) is 8.66. The lowest BCUT2D eigenvalue weighted by Crippen LogP contribution is -2.41. The van der Waals surface area contributed by atoms with E-state index in [1.54, 1.807) is 24.8 Å². The van der Waals surface area contributed by atoms with Crippen LogP contribution in [0.2, 0.25) is 0 Å². The molecule has 2 rings (SSSR count). The lowest BCUT2D eigenvalue weighted by molar-refractivity contribution is -0.122. The molecule has 5 heteroatoms. The SMILES string of the molecule is Cc1ncccc1CNC(=O)C(N)Cc1ccoc1. The Kier molecular flexibility index (Phi) is 4.30. The molecule has 0 saturated carbocycles. The summed E-state index contributed by atoms with van der Waals surface area (Å²) >= 11 is 0. The maximum Gasteiger partial charge on any atom is 0.237 e. The van der Waals surface area contributed by atoms with Gasteiger partial charge in [-0.25, -0.2) is 0 Å². The van der Waals surface area contributed by atoms with Crippen molar-refractivity contribution in [1.29, 1.82) is 0 Å². The number of rotatable bonds is 5. The average molecular weight is 259 g/mol. The lowest BCUT2D eigenvalue weighted by Gasteiger charge is -2.12. The Morgan fingerprint density at radius 3 is 3.05 bits per heavy atom. The quantitative estimate of drug-likeness (QED) is 0.844. The zero-order valence-electron chi connectivity index (χ0n) is 10.8. The Morgan fingerprint density at radius 1 is 1.53 bits per heavy atom. The van der Waals surface area contributed by atoms with Crippen molar-refractivity contribution in [3.8, 4) is 0 Å². The van der Waals surface area contributed by atoms with Crippen molar-refractivity contribution in [2.45, 2.75) is 25.9 Å². The molecule has 19 heavy (non-hydrogen) atoms. The Labute approximate surface area is 111 Å².